The van der Waals surface area contributed by atoms with Gasteiger partial charge in [0.15, 0.2) is 6.10 Å². The van der Waals surface area contributed by atoms with Gasteiger partial charge in [0.25, 0.3) is 0 Å². The molecule has 0 aliphatic heterocycles. The lowest BCUT2D eigenvalue weighted by Crippen LogP contribution is -2.30. The summed E-state index contributed by atoms with van der Waals surface area (Å²) in [4.78, 5) is 48.6. The number of rotatable bonds is 54. The molecule has 0 aromatic carbocycles. The highest BCUT2D eigenvalue weighted by atomic mass is 31.2. The van der Waals surface area contributed by atoms with Crippen molar-refractivity contribution in [1.82, 2.24) is 0 Å². The maximum absolute atomic E-state index is 12.9. The normalized spacial score (nSPS) is 14.1. The number of aliphatic hydroxyl groups excluding tert-OH is 1. The lowest BCUT2D eigenvalue weighted by Gasteiger charge is -2.21. The number of hydrogen-bond donors (Lipinski definition) is 2. The highest BCUT2D eigenvalue weighted by Crippen LogP contribution is 2.43. The van der Waals surface area contributed by atoms with Gasteiger partial charge in [0, 0.05) is 19.3 Å². The number of ether oxygens (including phenoxy) is 3. The molecule has 0 amide bonds. The maximum Gasteiger partial charge on any atom is 0.472 e. The Bertz CT molecular complexity index is 1690. The standard InChI is InChI=1S/C64H107O11P/c1-4-7-10-13-16-19-22-25-27-29-30-32-34-37-40-43-46-49-52-55-64(68)75-61(57-71-62(66)53-50-47-44-41-38-36-33-31-28-26-23-20-17-14-11-8-5-2)59-73-76(69,70)72-58-60(56-65)74-63(67)54-51-48-45-42-39-35-24-21-18-15-12-9-6-3/h7,10,12,15-17,19-21,24-28,30,32,37,40,60-61,65H,4-6,8-9,11,13-14,18,22-23,29,31,33-36,38-39,41-59H2,1-3H3,(H,69,70)/b10-7-,15-12-,19-16-,20-17-,24-21-,27-25-,28-26-,32-30-,40-37-. The Morgan fingerprint density at radius 3 is 1.12 bits per heavy atom. The third-order valence-corrected chi connectivity index (χ3v) is 13.1. The minimum Gasteiger partial charge on any atom is -0.462 e. The molecule has 0 radical (unpaired) electrons. The summed E-state index contributed by atoms with van der Waals surface area (Å²) in [6.07, 6.45) is 69.0. The van der Waals surface area contributed by atoms with Crippen LogP contribution in [0.15, 0.2) is 109 Å². The Hall–Kier alpha value is -3.86. The van der Waals surface area contributed by atoms with E-state index in [0.29, 0.717) is 19.3 Å². The van der Waals surface area contributed by atoms with Gasteiger partial charge in [0.1, 0.15) is 12.7 Å². The van der Waals surface area contributed by atoms with Crippen LogP contribution < -0.4 is 0 Å². The molecule has 0 saturated heterocycles. The zero-order valence-electron chi connectivity index (χ0n) is 47.9. The predicted molar refractivity (Wildman–Crippen MR) is 316 cm³/mol. The number of unbranched alkanes of at least 4 members (excludes halogenated alkanes) is 19. The molecule has 0 aliphatic carbocycles. The van der Waals surface area contributed by atoms with Crippen molar-refractivity contribution in [3.8, 4) is 0 Å². The van der Waals surface area contributed by atoms with E-state index in [1.54, 1.807) is 0 Å². The van der Waals surface area contributed by atoms with E-state index in [2.05, 4.69) is 130 Å². The van der Waals surface area contributed by atoms with Crippen molar-refractivity contribution in [1.29, 1.82) is 0 Å². The van der Waals surface area contributed by atoms with Crippen molar-refractivity contribution in [2.75, 3.05) is 26.4 Å². The predicted octanol–water partition coefficient (Wildman–Crippen LogP) is 17.8. The molecule has 0 aromatic heterocycles. The molecule has 0 bridgehead atoms. The molecule has 3 atom stereocenters. The molecule has 0 aromatic rings. The molecule has 76 heavy (non-hydrogen) atoms. The molecule has 11 nitrogen and oxygen atoms in total. The summed E-state index contributed by atoms with van der Waals surface area (Å²) in [5.41, 5.74) is 0. The van der Waals surface area contributed by atoms with E-state index in [0.717, 1.165) is 141 Å². The van der Waals surface area contributed by atoms with E-state index in [-0.39, 0.29) is 25.9 Å². The first-order valence-corrected chi connectivity index (χ1v) is 31.3. The van der Waals surface area contributed by atoms with E-state index in [1.165, 1.54) is 38.5 Å². The van der Waals surface area contributed by atoms with Crippen molar-refractivity contribution in [3.05, 3.63) is 109 Å². The van der Waals surface area contributed by atoms with Crippen LogP contribution in [0.2, 0.25) is 0 Å². The van der Waals surface area contributed by atoms with Crippen molar-refractivity contribution in [2.45, 2.75) is 251 Å². The Balaban J connectivity index is 4.82. The minimum atomic E-state index is -4.77. The summed E-state index contributed by atoms with van der Waals surface area (Å²) in [5, 5.41) is 9.81. The number of esters is 3. The average molecular weight is 1080 g/mol. The number of hydrogen-bond acceptors (Lipinski definition) is 10. The lowest BCUT2D eigenvalue weighted by molar-refractivity contribution is -0.161. The molecule has 3 unspecified atom stereocenters. The second-order valence-electron chi connectivity index (χ2n) is 19.4. The topological polar surface area (TPSA) is 155 Å². The van der Waals surface area contributed by atoms with Crippen LogP contribution in [-0.2, 0) is 42.2 Å². The second-order valence-corrected chi connectivity index (χ2v) is 20.9. The fourth-order valence-electron chi connectivity index (χ4n) is 7.63. The van der Waals surface area contributed by atoms with Gasteiger partial charge < -0.3 is 24.2 Å². The van der Waals surface area contributed by atoms with Crippen LogP contribution in [0.1, 0.15) is 239 Å². The van der Waals surface area contributed by atoms with Crippen molar-refractivity contribution < 1.29 is 52.2 Å². The summed E-state index contributed by atoms with van der Waals surface area (Å²) in [5.74, 6) is -1.53. The summed E-state index contributed by atoms with van der Waals surface area (Å²) in [7, 11) is -4.77. The summed E-state index contributed by atoms with van der Waals surface area (Å²) in [6.45, 7) is 4.38. The first-order chi connectivity index (χ1) is 37.2. The van der Waals surface area contributed by atoms with Gasteiger partial charge in [-0.25, -0.2) is 4.57 Å². The van der Waals surface area contributed by atoms with Gasteiger partial charge in [-0.05, 0) is 122 Å². The molecule has 2 N–H and O–H groups in total. The summed E-state index contributed by atoms with van der Waals surface area (Å²) >= 11 is 0. The number of carbonyl (C=O) groups is 3. The van der Waals surface area contributed by atoms with Gasteiger partial charge in [0.05, 0.1) is 19.8 Å². The first kappa shape index (κ1) is 72.1. The molecule has 12 heteroatoms. The molecule has 434 valence electrons. The average Bonchev–Trinajstić information content (AvgIpc) is 3.41. The number of phosphoric ester groups is 1. The van der Waals surface area contributed by atoms with Gasteiger partial charge in [-0.3, -0.25) is 23.4 Å². The molecule has 0 heterocycles. The van der Waals surface area contributed by atoms with Gasteiger partial charge in [-0.2, -0.15) is 0 Å². The van der Waals surface area contributed by atoms with Crippen LogP contribution in [0.5, 0.6) is 0 Å². The molecule has 0 aliphatic rings. The van der Waals surface area contributed by atoms with Crippen molar-refractivity contribution in [2.24, 2.45) is 0 Å². The van der Waals surface area contributed by atoms with Crippen LogP contribution in [0, 0.1) is 0 Å². The maximum atomic E-state index is 12.9. The van der Waals surface area contributed by atoms with Crippen LogP contribution in [-0.4, -0.2) is 66.5 Å². The SMILES string of the molecule is CC/C=C\C/C=C\C/C=C\C/C=C\C/C=C\CCCCCC(=O)OC(COC(=O)CCCCCCCCC/C=C\C/C=C\CCCCC)COP(=O)(O)OCC(CO)OC(=O)CCCCCCC/C=C\C/C=C\CCC. The lowest BCUT2D eigenvalue weighted by atomic mass is 10.1. The van der Waals surface area contributed by atoms with E-state index in [9.17, 15) is 28.9 Å². The van der Waals surface area contributed by atoms with Crippen LogP contribution in [0.3, 0.4) is 0 Å². The zero-order chi connectivity index (χ0) is 55.5. The highest BCUT2D eigenvalue weighted by molar-refractivity contribution is 7.47. The van der Waals surface area contributed by atoms with E-state index >= 15 is 0 Å². The van der Waals surface area contributed by atoms with Crippen LogP contribution >= 0.6 is 7.82 Å². The number of aliphatic hydroxyl groups is 1. The first-order valence-electron chi connectivity index (χ1n) is 29.8. The Labute approximate surface area is 463 Å². The Morgan fingerprint density at radius 2 is 0.711 bits per heavy atom. The largest absolute Gasteiger partial charge is 0.472 e. The highest BCUT2D eigenvalue weighted by Gasteiger charge is 2.28. The number of carbonyl (C=O) groups excluding carboxylic acids is 3. The zero-order valence-corrected chi connectivity index (χ0v) is 48.8. The fourth-order valence-corrected chi connectivity index (χ4v) is 8.41. The third-order valence-electron chi connectivity index (χ3n) is 12.1. The van der Waals surface area contributed by atoms with Crippen molar-refractivity contribution >= 4 is 25.7 Å². The molecular weight excluding hydrogens is 976 g/mol. The molecule has 0 saturated carbocycles. The van der Waals surface area contributed by atoms with E-state index in [4.69, 9.17) is 23.3 Å². The second kappa shape index (κ2) is 57.3. The molecule has 0 spiro atoms. The Morgan fingerprint density at radius 1 is 0.382 bits per heavy atom. The fraction of sp³-hybridized carbons (Fsp3) is 0.672. The third kappa shape index (κ3) is 54.9. The van der Waals surface area contributed by atoms with Gasteiger partial charge in [-0.15, -0.1) is 0 Å². The van der Waals surface area contributed by atoms with Crippen LogP contribution in [0.4, 0.5) is 0 Å². The quantitative estimate of drug-likeness (QED) is 0.0197. The Kier molecular flexibility index (Phi) is 54.4. The minimum absolute atomic E-state index is 0.121. The molecule has 0 rings (SSSR count). The van der Waals surface area contributed by atoms with Crippen LogP contribution in [0.25, 0.3) is 0 Å². The number of allylic oxidation sites excluding steroid dienone is 18. The van der Waals surface area contributed by atoms with E-state index in [1.807, 2.05) is 0 Å². The summed E-state index contributed by atoms with van der Waals surface area (Å²) in [6, 6.07) is 0. The van der Waals surface area contributed by atoms with Gasteiger partial charge >= 0.3 is 25.7 Å². The molecular formula is C64H107O11P. The van der Waals surface area contributed by atoms with Gasteiger partial charge in [-0.1, -0.05) is 207 Å². The van der Waals surface area contributed by atoms with Crippen molar-refractivity contribution in [3.63, 3.8) is 0 Å². The summed E-state index contributed by atoms with van der Waals surface area (Å²) < 4.78 is 39.5. The number of phosphoric acid groups is 1. The smallest absolute Gasteiger partial charge is 0.462 e. The molecule has 0 fully saturated rings. The van der Waals surface area contributed by atoms with Gasteiger partial charge in [0.2, 0.25) is 0 Å². The monoisotopic (exact) mass is 1080 g/mol. The van der Waals surface area contributed by atoms with E-state index < -0.39 is 57.8 Å².